The van der Waals surface area contributed by atoms with Gasteiger partial charge in [0.25, 0.3) is 0 Å². The van der Waals surface area contributed by atoms with Crippen molar-refractivity contribution in [3.63, 3.8) is 0 Å². The van der Waals surface area contributed by atoms with Crippen LogP contribution in [0.5, 0.6) is 0 Å². The predicted molar refractivity (Wildman–Crippen MR) is 86.0 cm³/mol. The van der Waals surface area contributed by atoms with Crippen LogP contribution in [0.4, 0.5) is 10.6 Å². The zero-order valence-electron chi connectivity index (χ0n) is 13.8. The minimum absolute atomic E-state index is 0.280. The molecule has 2 amide bonds. The molecule has 0 spiro atoms. The lowest BCUT2D eigenvalue weighted by Crippen LogP contribution is -2.29. The minimum Gasteiger partial charge on any atom is -0.332 e. The Bertz CT molecular complexity index is 686. The second-order valence-electron chi connectivity index (χ2n) is 6.04. The maximum atomic E-state index is 12.0. The van der Waals surface area contributed by atoms with Crippen molar-refractivity contribution in [3.8, 4) is 0 Å². The van der Waals surface area contributed by atoms with Crippen molar-refractivity contribution >= 4 is 11.8 Å². The molecule has 1 atom stereocenters. The van der Waals surface area contributed by atoms with Gasteiger partial charge in [-0.05, 0) is 39.5 Å². The highest BCUT2D eigenvalue weighted by Gasteiger charge is 2.30. The van der Waals surface area contributed by atoms with E-state index in [1.807, 2.05) is 24.6 Å². The molecule has 2 heterocycles. The van der Waals surface area contributed by atoms with Crippen molar-refractivity contribution in [1.29, 1.82) is 0 Å². The molecule has 0 saturated heterocycles. The van der Waals surface area contributed by atoms with Gasteiger partial charge >= 0.3 is 6.03 Å². The second-order valence-corrected chi connectivity index (χ2v) is 6.04. The van der Waals surface area contributed by atoms with Crippen molar-refractivity contribution in [2.75, 3.05) is 5.32 Å². The number of nitrogens with one attached hydrogen (secondary N) is 2. The zero-order valence-corrected chi connectivity index (χ0v) is 13.8. The van der Waals surface area contributed by atoms with Gasteiger partial charge in [0.1, 0.15) is 0 Å². The zero-order chi connectivity index (χ0) is 16.4. The number of hydrogen-bond donors (Lipinski definition) is 2. The van der Waals surface area contributed by atoms with Crippen LogP contribution in [0.2, 0.25) is 0 Å². The van der Waals surface area contributed by atoms with Gasteiger partial charge in [-0.1, -0.05) is 5.21 Å². The molecule has 8 heteroatoms. The van der Waals surface area contributed by atoms with Gasteiger partial charge in [0.05, 0.1) is 24.5 Å². The van der Waals surface area contributed by atoms with Crippen molar-refractivity contribution in [3.05, 3.63) is 23.7 Å². The summed E-state index contributed by atoms with van der Waals surface area (Å²) in [6.45, 7) is 7.28. The van der Waals surface area contributed by atoms with Crippen LogP contribution in [0.1, 0.15) is 44.1 Å². The van der Waals surface area contributed by atoms with E-state index < -0.39 is 0 Å². The fraction of sp³-hybridized carbons (Fsp3) is 0.600. The van der Waals surface area contributed by atoms with Crippen molar-refractivity contribution in [1.82, 2.24) is 30.1 Å². The molecule has 1 saturated carbocycles. The molecule has 124 valence electrons. The normalized spacial score (nSPS) is 15.4. The van der Waals surface area contributed by atoms with Gasteiger partial charge in [-0.2, -0.15) is 5.10 Å². The fourth-order valence-corrected chi connectivity index (χ4v) is 2.75. The molecule has 1 aliphatic rings. The average molecular weight is 317 g/mol. The molecule has 8 nitrogen and oxygen atoms in total. The lowest BCUT2D eigenvalue weighted by molar-refractivity contribution is 0.251. The highest BCUT2D eigenvalue weighted by atomic mass is 16.2. The highest BCUT2D eigenvalue weighted by molar-refractivity contribution is 5.88. The van der Waals surface area contributed by atoms with Crippen molar-refractivity contribution in [2.24, 2.45) is 5.92 Å². The van der Waals surface area contributed by atoms with Crippen LogP contribution in [-0.2, 0) is 13.1 Å². The number of aromatic nitrogens is 5. The van der Waals surface area contributed by atoms with Gasteiger partial charge in [-0.3, -0.25) is 10.00 Å². The summed E-state index contributed by atoms with van der Waals surface area (Å²) in [4.78, 5) is 12.0. The summed E-state index contributed by atoms with van der Waals surface area (Å²) in [5, 5.41) is 17.9. The highest BCUT2D eigenvalue weighted by Crippen LogP contribution is 2.39. The number of amides is 2. The van der Waals surface area contributed by atoms with Gasteiger partial charge in [0.15, 0.2) is 5.82 Å². The molecule has 23 heavy (non-hydrogen) atoms. The first-order valence-corrected chi connectivity index (χ1v) is 8.06. The van der Waals surface area contributed by atoms with Crippen LogP contribution in [0.25, 0.3) is 0 Å². The summed E-state index contributed by atoms with van der Waals surface area (Å²) < 4.78 is 3.75. The van der Waals surface area contributed by atoms with Crippen LogP contribution in [-0.4, -0.2) is 30.8 Å². The quantitative estimate of drug-likeness (QED) is 0.853. The van der Waals surface area contributed by atoms with Crippen LogP contribution in [0, 0.1) is 12.8 Å². The molecule has 2 aromatic rings. The molecule has 1 fully saturated rings. The van der Waals surface area contributed by atoms with E-state index in [4.69, 9.17) is 0 Å². The van der Waals surface area contributed by atoms with Crippen molar-refractivity contribution in [2.45, 2.75) is 52.7 Å². The minimum atomic E-state index is -0.280. The summed E-state index contributed by atoms with van der Waals surface area (Å²) in [6.07, 6.45) is 4.19. The first-order valence-electron chi connectivity index (χ1n) is 8.06. The topological polar surface area (TPSA) is 89.7 Å². The smallest absolute Gasteiger partial charge is 0.320 e. The average Bonchev–Trinajstić information content (AvgIpc) is 3.17. The van der Waals surface area contributed by atoms with Gasteiger partial charge in [-0.25, -0.2) is 9.48 Å². The summed E-state index contributed by atoms with van der Waals surface area (Å²) in [5.74, 6) is 1.30. The second kappa shape index (κ2) is 6.39. The van der Waals surface area contributed by atoms with E-state index in [1.165, 1.54) is 12.8 Å². The molecule has 1 aliphatic carbocycles. The van der Waals surface area contributed by atoms with E-state index in [0.717, 1.165) is 23.9 Å². The van der Waals surface area contributed by atoms with Crippen LogP contribution in [0.15, 0.2) is 12.3 Å². The van der Waals surface area contributed by atoms with Gasteiger partial charge in [-0.15, -0.1) is 5.10 Å². The standard InChI is InChI=1S/C15H23N7O/c1-4-21-13(9-17-20-21)8-16-15(23)18-14-7-10(2)22(19-14)11(3)12-5-6-12/h7,9,11-12H,4-6,8H2,1-3H3,(H2,16,18,19,23). The third kappa shape index (κ3) is 3.52. The number of rotatable bonds is 6. The Hall–Kier alpha value is -2.38. The Morgan fingerprint density at radius 2 is 2.26 bits per heavy atom. The number of nitrogens with zero attached hydrogens (tertiary/aromatic N) is 5. The van der Waals surface area contributed by atoms with E-state index in [2.05, 4.69) is 33.0 Å². The summed E-state index contributed by atoms with van der Waals surface area (Å²) >= 11 is 0. The number of carbonyl (C=O) groups is 1. The van der Waals surface area contributed by atoms with Gasteiger partial charge in [0.2, 0.25) is 0 Å². The Morgan fingerprint density at radius 1 is 1.48 bits per heavy atom. The summed E-state index contributed by atoms with van der Waals surface area (Å²) in [6, 6.07) is 2.01. The molecule has 0 bridgehead atoms. The fourth-order valence-electron chi connectivity index (χ4n) is 2.75. The molecule has 1 unspecified atom stereocenters. The molecule has 0 aromatic carbocycles. The third-order valence-corrected chi connectivity index (χ3v) is 4.28. The number of anilines is 1. The first-order chi connectivity index (χ1) is 11.1. The van der Waals surface area contributed by atoms with Crippen LogP contribution >= 0.6 is 0 Å². The maximum absolute atomic E-state index is 12.0. The Labute approximate surface area is 135 Å². The Kier molecular flexibility index (Phi) is 4.31. The van der Waals surface area contributed by atoms with Gasteiger partial charge in [0, 0.05) is 18.3 Å². The van der Waals surface area contributed by atoms with Gasteiger partial charge < -0.3 is 5.32 Å². The SMILES string of the molecule is CCn1nncc1CNC(=O)Nc1cc(C)n(C(C)C2CC2)n1. The monoisotopic (exact) mass is 317 g/mol. The summed E-state index contributed by atoms with van der Waals surface area (Å²) in [7, 11) is 0. The molecule has 2 aromatic heterocycles. The van der Waals surface area contributed by atoms with E-state index in [-0.39, 0.29) is 6.03 Å². The number of carbonyl (C=O) groups excluding carboxylic acids is 1. The predicted octanol–water partition coefficient (Wildman–Crippen LogP) is 2.10. The van der Waals surface area contributed by atoms with E-state index in [0.29, 0.717) is 18.4 Å². The molecule has 0 radical (unpaired) electrons. The number of urea groups is 1. The molecule has 2 N–H and O–H groups in total. The number of aryl methyl sites for hydroxylation is 2. The third-order valence-electron chi connectivity index (χ3n) is 4.28. The molecule has 0 aliphatic heterocycles. The van der Waals surface area contributed by atoms with E-state index in [1.54, 1.807) is 10.9 Å². The molecule has 3 rings (SSSR count). The van der Waals surface area contributed by atoms with Crippen LogP contribution < -0.4 is 10.6 Å². The first kappa shape index (κ1) is 15.5. The van der Waals surface area contributed by atoms with Crippen molar-refractivity contribution < 1.29 is 4.79 Å². The maximum Gasteiger partial charge on any atom is 0.320 e. The van der Waals surface area contributed by atoms with E-state index >= 15 is 0 Å². The Morgan fingerprint density at radius 3 is 2.96 bits per heavy atom. The number of hydrogen-bond acceptors (Lipinski definition) is 4. The lowest BCUT2D eigenvalue weighted by Gasteiger charge is -2.12. The largest absolute Gasteiger partial charge is 0.332 e. The lowest BCUT2D eigenvalue weighted by atomic mass is 10.2. The van der Waals surface area contributed by atoms with E-state index in [9.17, 15) is 4.79 Å². The Balaban J connectivity index is 1.56. The summed E-state index contributed by atoms with van der Waals surface area (Å²) in [5.41, 5.74) is 1.93. The van der Waals surface area contributed by atoms with Crippen LogP contribution in [0.3, 0.4) is 0 Å². The molecular weight excluding hydrogens is 294 g/mol. The molecular formula is C15H23N7O.